The number of carbonyl (C=O) groups is 1. The number of morpholine rings is 1. The van der Waals surface area contributed by atoms with Crippen molar-refractivity contribution >= 4 is 36.0 Å². The molecule has 1 atom stereocenters. The van der Waals surface area contributed by atoms with Gasteiger partial charge in [-0.25, -0.2) is 4.79 Å². The number of aliphatic imine (C=N–C) groups is 1. The maximum Gasteiger partial charge on any atom is 0.407 e. The third kappa shape index (κ3) is 9.52. The SMILES string of the molecule is CN=C(NCCNC(=O)OC(C)(C)C)NCC(c1ccc(C)o1)N1CCOCC1.I. The molecule has 1 aliphatic heterocycles. The molecule has 0 radical (unpaired) electrons. The minimum atomic E-state index is -0.506. The van der Waals surface area contributed by atoms with E-state index in [0.29, 0.717) is 25.6 Å². The molecule has 1 aromatic heterocycles. The summed E-state index contributed by atoms with van der Waals surface area (Å²) in [5, 5.41) is 9.27. The number of hydrogen-bond acceptors (Lipinski definition) is 6. The second-order valence-corrected chi connectivity index (χ2v) is 7.92. The van der Waals surface area contributed by atoms with E-state index in [2.05, 4.69) is 25.8 Å². The van der Waals surface area contributed by atoms with Crippen LogP contribution in [0.3, 0.4) is 0 Å². The summed E-state index contributed by atoms with van der Waals surface area (Å²) in [4.78, 5) is 18.3. The summed E-state index contributed by atoms with van der Waals surface area (Å²) in [6.07, 6.45) is -0.428. The number of aryl methyl sites for hydroxylation is 1. The summed E-state index contributed by atoms with van der Waals surface area (Å²) in [5.74, 6) is 2.49. The highest BCUT2D eigenvalue weighted by Gasteiger charge is 2.25. The molecule has 0 saturated carbocycles. The molecule has 3 N–H and O–H groups in total. The van der Waals surface area contributed by atoms with E-state index >= 15 is 0 Å². The monoisotopic (exact) mass is 537 g/mol. The number of amides is 1. The molecule has 1 unspecified atom stereocenters. The molecule has 10 heteroatoms. The van der Waals surface area contributed by atoms with E-state index in [-0.39, 0.29) is 30.0 Å². The Labute approximate surface area is 196 Å². The lowest BCUT2D eigenvalue weighted by Gasteiger charge is -2.33. The first-order chi connectivity index (χ1) is 13.8. The van der Waals surface area contributed by atoms with Crippen molar-refractivity contribution in [2.24, 2.45) is 4.99 Å². The maximum absolute atomic E-state index is 11.7. The van der Waals surface area contributed by atoms with Crippen molar-refractivity contribution in [1.29, 1.82) is 0 Å². The number of nitrogens with one attached hydrogen (secondary N) is 3. The molecule has 1 fully saturated rings. The quantitative estimate of drug-likeness (QED) is 0.212. The summed E-state index contributed by atoms with van der Waals surface area (Å²) in [6, 6.07) is 4.10. The van der Waals surface area contributed by atoms with Crippen molar-refractivity contribution in [2.75, 3.05) is 53.0 Å². The van der Waals surface area contributed by atoms with E-state index in [1.54, 1.807) is 7.05 Å². The Morgan fingerprint density at radius 3 is 2.43 bits per heavy atom. The summed E-state index contributed by atoms with van der Waals surface area (Å²) >= 11 is 0. The van der Waals surface area contributed by atoms with Crippen LogP contribution in [0.1, 0.15) is 38.3 Å². The Balaban J connectivity index is 0.00000450. The average molecular weight is 537 g/mol. The maximum atomic E-state index is 11.7. The van der Waals surface area contributed by atoms with Crippen LogP contribution in [0.15, 0.2) is 21.5 Å². The van der Waals surface area contributed by atoms with Gasteiger partial charge in [-0.15, -0.1) is 24.0 Å². The van der Waals surface area contributed by atoms with Crippen LogP contribution in [0.5, 0.6) is 0 Å². The Morgan fingerprint density at radius 1 is 1.20 bits per heavy atom. The molecule has 0 aliphatic carbocycles. The van der Waals surface area contributed by atoms with E-state index in [9.17, 15) is 4.79 Å². The number of furan rings is 1. The van der Waals surface area contributed by atoms with Crippen LogP contribution in [0.2, 0.25) is 0 Å². The predicted octanol–water partition coefficient (Wildman–Crippen LogP) is 2.27. The predicted molar refractivity (Wildman–Crippen MR) is 128 cm³/mol. The van der Waals surface area contributed by atoms with Gasteiger partial charge in [-0.05, 0) is 39.8 Å². The first-order valence-corrected chi connectivity index (χ1v) is 10.1. The van der Waals surface area contributed by atoms with Gasteiger partial charge in [-0.1, -0.05) is 0 Å². The molecule has 1 saturated heterocycles. The topological polar surface area (TPSA) is 100 Å². The molecular formula is C20H36IN5O4. The molecule has 1 aromatic rings. The number of halogens is 1. The van der Waals surface area contributed by atoms with Crippen LogP contribution in [0.4, 0.5) is 4.79 Å². The molecule has 1 amide bonds. The third-order valence-corrected chi connectivity index (χ3v) is 4.35. The van der Waals surface area contributed by atoms with Crippen molar-refractivity contribution in [1.82, 2.24) is 20.9 Å². The fourth-order valence-electron chi connectivity index (χ4n) is 3.00. The highest BCUT2D eigenvalue weighted by molar-refractivity contribution is 14.0. The smallest absolute Gasteiger partial charge is 0.407 e. The van der Waals surface area contributed by atoms with Crippen molar-refractivity contribution < 1.29 is 18.7 Å². The second-order valence-electron chi connectivity index (χ2n) is 7.92. The van der Waals surface area contributed by atoms with E-state index in [0.717, 1.165) is 37.8 Å². The first-order valence-electron chi connectivity index (χ1n) is 10.1. The minimum absolute atomic E-state index is 0. The molecule has 1 aliphatic rings. The van der Waals surface area contributed by atoms with Gasteiger partial charge < -0.3 is 29.8 Å². The number of nitrogens with zero attached hydrogens (tertiary/aromatic N) is 2. The average Bonchev–Trinajstić information content (AvgIpc) is 3.09. The van der Waals surface area contributed by atoms with Crippen molar-refractivity contribution in [3.05, 3.63) is 23.7 Å². The Bertz CT molecular complexity index is 668. The highest BCUT2D eigenvalue weighted by atomic mass is 127. The fraction of sp³-hybridized carbons (Fsp3) is 0.700. The summed E-state index contributed by atoms with van der Waals surface area (Å²) in [7, 11) is 1.72. The van der Waals surface area contributed by atoms with Gasteiger partial charge in [0.15, 0.2) is 5.96 Å². The molecule has 30 heavy (non-hydrogen) atoms. The van der Waals surface area contributed by atoms with Gasteiger partial charge in [0.1, 0.15) is 17.1 Å². The van der Waals surface area contributed by atoms with Gasteiger partial charge in [0.2, 0.25) is 0 Å². The number of hydrogen-bond donors (Lipinski definition) is 3. The zero-order valence-electron chi connectivity index (χ0n) is 18.6. The van der Waals surface area contributed by atoms with Gasteiger partial charge in [0, 0.05) is 39.8 Å². The van der Waals surface area contributed by atoms with Gasteiger partial charge in [0.25, 0.3) is 0 Å². The Hall–Kier alpha value is -1.53. The summed E-state index contributed by atoms with van der Waals surface area (Å²) in [6.45, 7) is 12.2. The van der Waals surface area contributed by atoms with E-state index in [1.807, 2.05) is 39.8 Å². The van der Waals surface area contributed by atoms with Crippen LogP contribution in [0, 0.1) is 6.92 Å². The van der Waals surface area contributed by atoms with Crippen molar-refractivity contribution in [3.8, 4) is 0 Å². The van der Waals surface area contributed by atoms with Gasteiger partial charge in [-0.2, -0.15) is 0 Å². The lowest BCUT2D eigenvalue weighted by Crippen LogP contribution is -2.47. The Kier molecular flexibility index (Phi) is 11.5. The van der Waals surface area contributed by atoms with E-state index in [4.69, 9.17) is 13.9 Å². The van der Waals surface area contributed by atoms with Crippen LogP contribution in [0.25, 0.3) is 0 Å². The minimum Gasteiger partial charge on any atom is -0.465 e. The number of guanidine groups is 1. The van der Waals surface area contributed by atoms with Crippen molar-refractivity contribution in [3.63, 3.8) is 0 Å². The molecule has 0 aromatic carbocycles. The molecule has 2 heterocycles. The second kappa shape index (κ2) is 13.0. The standard InChI is InChI=1S/C20H35N5O4.HI/c1-15-6-7-17(28-15)16(25-10-12-27-13-11-25)14-24-18(21-5)22-8-9-23-19(26)29-20(2,3)4;/h6-7,16H,8-14H2,1-5H3,(H,23,26)(H2,21,22,24);1H. The lowest BCUT2D eigenvalue weighted by atomic mass is 10.1. The normalized spacial score (nSPS) is 16.4. The Morgan fingerprint density at radius 2 is 1.87 bits per heavy atom. The molecule has 0 bridgehead atoms. The van der Waals surface area contributed by atoms with Crippen LogP contribution < -0.4 is 16.0 Å². The van der Waals surface area contributed by atoms with Crippen LogP contribution in [-0.4, -0.2) is 75.5 Å². The number of carbonyl (C=O) groups excluding carboxylic acids is 1. The first kappa shape index (κ1) is 26.5. The molecule has 9 nitrogen and oxygen atoms in total. The highest BCUT2D eigenvalue weighted by Crippen LogP contribution is 2.23. The van der Waals surface area contributed by atoms with Crippen LogP contribution in [-0.2, 0) is 9.47 Å². The number of alkyl carbamates (subject to hydrolysis) is 1. The van der Waals surface area contributed by atoms with Gasteiger partial charge in [0.05, 0.1) is 19.3 Å². The van der Waals surface area contributed by atoms with Crippen LogP contribution >= 0.6 is 24.0 Å². The third-order valence-electron chi connectivity index (χ3n) is 4.35. The molecular weight excluding hydrogens is 501 g/mol. The fourth-order valence-corrected chi connectivity index (χ4v) is 3.00. The zero-order valence-corrected chi connectivity index (χ0v) is 20.9. The summed E-state index contributed by atoms with van der Waals surface area (Å²) in [5.41, 5.74) is -0.506. The molecule has 0 spiro atoms. The van der Waals surface area contributed by atoms with E-state index < -0.39 is 11.7 Å². The molecule has 172 valence electrons. The van der Waals surface area contributed by atoms with Crippen molar-refractivity contribution in [2.45, 2.75) is 39.3 Å². The summed E-state index contributed by atoms with van der Waals surface area (Å²) < 4.78 is 16.6. The zero-order chi connectivity index (χ0) is 21.3. The van der Waals surface area contributed by atoms with Gasteiger partial charge in [-0.3, -0.25) is 9.89 Å². The lowest BCUT2D eigenvalue weighted by molar-refractivity contribution is 0.0124. The molecule has 2 rings (SSSR count). The number of rotatable bonds is 7. The van der Waals surface area contributed by atoms with Gasteiger partial charge >= 0.3 is 6.09 Å². The largest absolute Gasteiger partial charge is 0.465 e. The number of ether oxygens (including phenoxy) is 2. The van der Waals surface area contributed by atoms with E-state index in [1.165, 1.54) is 0 Å².